The van der Waals surface area contributed by atoms with Gasteiger partial charge in [0.15, 0.2) is 0 Å². The highest BCUT2D eigenvalue weighted by Gasteiger charge is 2.31. The van der Waals surface area contributed by atoms with E-state index in [0.717, 1.165) is 30.6 Å². The van der Waals surface area contributed by atoms with Gasteiger partial charge in [-0.3, -0.25) is 14.6 Å². The molecule has 0 bridgehead atoms. The van der Waals surface area contributed by atoms with Crippen molar-refractivity contribution < 1.29 is 14.3 Å². The second-order valence-electron chi connectivity index (χ2n) is 7.23. The molecular formula is C22H29ClN4O3. The van der Waals surface area contributed by atoms with Crippen molar-refractivity contribution in [1.82, 2.24) is 19.8 Å². The first-order chi connectivity index (χ1) is 14.6. The Bertz CT molecular complexity index is 912. The summed E-state index contributed by atoms with van der Waals surface area (Å²) in [6.45, 7) is 8.55. The first kappa shape index (κ1) is 22.3. The summed E-state index contributed by atoms with van der Waals surface area (Å²) < 4.78 is 7.49. The molecule has 1 atom stereocenters. The first-order valence-corrected chi connectivity index (χ1v) is 10.9. The number of fused-ring (bicyclic) bond motifs is 1. The highest BCUT2D eigenvalue weighted by Crippen LogP contribution is 2.25. The van der Waals surface area contributed by atoms with Crippen LogP contribution in [0.2, 0.25) is 5.02 Å². The normalized spacial score (nSPS) is 17.7. The SMILES string of the molecule is CC.CC1CCCN1C(=O)c1cc(C(=O)NCc2ccncc2Cl)c2n1CCOC2. The minimum atomic E-state index is -0.240. The molecule has 1 unspecified atom stereocenters. The standard InChI is InChI=1S/C20H23ClN4O3.C2H6/c1-13-3-2-6-24(13)20(27)17-9-15(18-12-28-8-7-25(17)18)19(26)23-10-14-4-5-22-11-16(14)21;1-2/h4-5,9,11,13H,2-3,6-8,10,12H2,1H3,(H,23,26);1-2H3. The van der Waals surface area contributed by atoms with Gasteiger partial charge in [0.1, 0.15) is 5.69 Å². The molecule has 7 nitrogen and oxygen atoms in total. The van der Waals surface area contributed by atoms with Crippen LogP contribution in [0, 0.1) is 0 Å². The maximum Gasteiger partial charge on any atom is 0.270 e. The van der Waals surface area contributed by atoms with E-state index in [4.69, 9.17) is 16.3 Å². The highest BCUT2D eigenvalue weighted by atomic mass is 35.5. The number of nitrogens with zero attached hydrogens (tertiary/aromatic N) is 3. The zero-order valence-electron chi connectivity index (χ0n) is 17.8. The van der Waals surface area contributed by atoms with E-state index < -0.39 is 0 Å². The summed E-state index contributed by atoms with van der Waals surface area (Å²) in [5.74, 6) is -0.250. The lowest BCUT2D eigenvalue weighted by Gasteiger charge is -2.24. The monoisotopic (exact) mass is 432 g/mol. The molecule has 1 N–H and O–H groups in total. The van der Waals surface area contributed by atoms with E-state index in [-0.39, 0.29) is 24.4 Å². The van der Waals surface area contributed by atoms with Gasteiger partial charge in [0.2, 0.25) is 0 Å². The van der Waals surface area contributed by atoms with Crippen LogP contribution in [0.5, 0.6) is 0 Å². The van der Waals surface area contributed by atoms with E-state index in [1.54, 1.807) is 24.5 Å². The van der Waals surface area contributed by atoms with Gasteiger partial charge >= 0.3 is 0 Å². The smallest absolute Gasteiger partial charge is 0.270 e. The number of carbonyl (C=O) groups excluding carboxylic acids is 2. The number of aromatic nitrogens is 2. The van der Waals surface area contributed by atoms with E-state index in [1.165, 1.54) is 0 Å². The second-order valence-corrected chi connectivity index (χ2v) is 7.64. The van der Waals surface area contributed by atoms with Gasteiger partial charge < -0.3 is 19.5 Å². The second kappa shape index (κ2) is 10.1. The van der Waals surface area contributed by atoms with E-state index >= 15 is 0 Å². The van der Waals surface area contributed by atoms with E-state index in [9.17, 15) is 9.59 Å². The Morgan fingerprint density at radius 1 is 1.33 bits per heavy atom. The van der Waals surface area contributed by atoms with Crippen molar-refractivity contribution in [3.8, 4) is 0 Å². The van der Waals surface area contributed by atoms with Crippen molar-refractivity contribution in [2.75, 3.05) is 13.2 Å². The lowest BCUT2D eigenvalue weighted by atomic mass is 10.2. The molecule has 1 saturated heterocycles. The third kappa shape index (κ3) is 4.52. The number of carbonyl (C=O) groups is 2. The molecule has 0 aromatic carbocycles. The largest absolute Gasteiger partial charge is 0.373 e. The summed E-state index contributed by atoms with van der Waals surface area (Å²) in [4.78, 5) is 31.8. The molecular weight excluding hydrogens is 404 g/mol. The minimum absolute atomic E-state index is 0.00984. The first-order valence-electron chi connectivity index (χ1n) is 10.5. The molecule has 8 heteroatoms. The fourth-order valence-electron chi connectivity index (χ4n) is 3.90. The van der Waals surface area contributed by atoms with Crippen LogP contribution >= 0.6 is 11.6 Å². The molecule has 0 radical (unpaired) electrons. The molecule has 0 aliphatic carbocycles. The lowest BCUT2D eigenvalue weighted by Crippen LogP contribution is -2.35. The number of halogens is 1. The molecule has 30 heavy (non-hydrogen) atoms. The molecule has 4 heterocycles. The zero-order valence-corrected chi connectivity index (χ0v) is 18.5. The number of hydrogen-bond donors (Lipinski definition) is 1. The van der Waals surface area contributed by atoms with Crippen LogP contribution in [0.25, 0.3) is 0 Å². The van der Waals surface area contributed by atoms with E-state index in [2.05, 4.69) is 17.2 Å². The molecule has 0 spiro atoms. The van der Waals surface area contributed by atoms with Crippen LogP contribution in [0.3, 0.4) is 0 Å². The van der Waals surface area contributed by atoms with Crippen LogP contribution in [0.4, 0.5) is 0 Å². The fraction of sp³-hybridized carbons (Fsp3) is 0.500. The molecule has 2 aromatic rings. The number of ether oxygens (including phenoxy) is 1. The van der Waals surface area contributed by atoms with E-state index in [1.807, 2.05) is 23.3 Å². The molecule has 1 fully saturated rings. The van der Waals surface area contributed by atoms with Crippen molar-refractivity contribution in [2.45, 2.75) is 59.4 Å². The number of pyridine rings is 1. The zero-order chi connectivity index (χ0) is 21.7. The van der Waals surface area contributed by atoms with E-state index in [0.29, 0.717) is 36.0 Å². The summed E-state index contributed by atoms with van der Waals surface area (Å²) in [7, 11) is 0. The van der Waals surface area contributed by atoms with Gasteiger partial charge in [0.05, 0.1) is 29.5 Å². The van der Waals surface area contributed by atoms with Crippen LogP contribution in [-0.2, 0) is 24.4 Å². The number of nitrogens with one attached hydrogen (secondary N) is 1. The van der Waals surface area contributed by atoms with Crippen LogP contribution < -0.4 is 5.32 Å². The van der Waals surface area contributed by atoms with Crippen LogP contribution in [0.15, 0.2) is 24.5 Å². The molecule has 2 aliphatic heterocycles. The van der Waals surface area contributed by atoms with Crippen molar-refractivity contribution in [1.29, 1.82) is 0 Å². The average molecular weight is 433 g/mol. The topological polar surface area (TPSA) is 76.5 Å². The Morgan fingerprint density at radius 3 is 2.83 bits per heavy atom. The van der Waals surface area contributed by atoms with Gasteiger partial charge in [-0.2, -0.15) is 0 Å². The number of hydrogen-bond acceptors (Lipinski definition) is 4. The Labute approximate surface area is 182 Å². The number of amides is 2. The van der Waals surface area contributed by atoms with Gasteiger partial charge in [-0.1, -0.05) is 25.4 Å². The summed E-state index contributed by atoms with van der Waals surface area (Å²) in [6, 6.07) is 3.70. The van der Waals surface area contributed by atoms with Gasteiger partial charge in [-0.05, 0) is 37.5 Å². The average Bonchev–Trinajstić information content (AvgIpc) is 3.38. The predicted molar refractivity (Wildman–Crippen MR) is 116 cm³/mol. The Kier molecular flexibility index (Phi) is 7.50. The van der Waals surface area contributed by atoms with Crippen molar-refractivity contribution in [3.05, 3.63) is 52.1 Å². The highest BCUT2D eigenvalue weighted by molar-refractivity contribution is 6.31. The van der Waals surface area contributed by atoms with Crippen LogP contribution in [-0.4, -0.2) is 45.5 Å². The minimum Gasteiger partial charge on any atom is -0.373 e. The fourth-order valence-corrected chi connectivity index (χ4v) is 4.08. The molecule has 4 rings (SSSR count). The van der Waals surface area contributed by atoms with Crippen molar-refractivity contribution in [3.63, 3.8) is 0 Å². The maximum atomic E-state index is 13.1. The van der Waals surface area contributed by atoms with Gasteiger partial charge in [0, 0.05) is 38.1 Å². The lowest BCUT2D eigenvalue weighted by molar-refractivity contribution is 0.0684. The Morgan fingerprint density at radius 2 is 2.13 bits per heavy atom. The molecule has 2 aromatic heterocycles. The number of rotatable bonds is 4. The predicted octanol–water partition coefficient (Wildman–Crippen LogP) is 3.65. The molecule has 2 amide bonds. The van der Waals surface area contributed by atoms with Crippen molar-refractivity contribution >= 4 is 23.4 Å². The third-order valence-corrected chi connectivity index (χ3v) is 5.82. The summed E-state index contributed by atoms with van der Waals surface area (Å²) >= 11 is 6.11. The summed E-state index contributed by atoms with van der Waals surface area (Å²) in [5, 5.41) is 3.40. The Balaban J connectivity index is 0.00000124. The van der Waals surface area contributed by atoms with Crippen LogP contribution in [0.1, 0.15) is 65.7 Å². The van der Waals surface area contributed by atoms with Gasteiger partial charge in [-0.15, -0.1) is 0 Å². The van der Waals surface area contributed by atoms with Gasteiger partial charge in [0.25, 0.3) is 11.8 Å². The Hall–Kier alpha value is -2.38. The quantitative estimate of drug-likeness (QED) is 0.800. The molecule has 0 saturated carbocycles. The van der Waals surface area contributed by atoms with Gasteiger partial charge in [-0.25, -0.2) is 0 Å². The molecule has 162 valence electrons. The maximum absolute atomic E-state index is 13.1. The van der Waals surface area contributed by atoms with Crippen molar-refractivity contribution in [2.24, 2.45) is 0 Å². The third-order valence-electron chi connectivity index (χ3n) is 5.48. The summed E-state index contributed by atoms with van der Waals surface area (Å²) in [5.41, 5.74) is 2.59. The number of likely N-dealkylation sites (tertiary alicyclic amines) is 1. The summed E-state index contributed by atoms with van der Waals surface area (Å²) in [6.07, 6.45) is 5.21. The molecule has 2 aliphatic rings.